The van der Waals surface area contributed by atoms with Gasteiger partial charge in [-0.15, -0.1) is 11.3 Å². The summed E-state index contributed by atoms with van der Waals surface area (Å²) in [5.41, 5.74) is 1.49. The zero-order valence-corrected chi connectivity index (χ0v) is 13.7. The number of fused-ring (bicyclic) bond motifs is 1. The van der Waals surface area contributed by atoms with E-state index in [0.29, 0.717) is 21.6 Å². The van der Waals surface area contributed by atoms with Crippen molar-refractivity contribution in [1.29, 1.82) is 0 Å². The van der Waals surface area contributed by atoms with Gasteiger partial charge in [0.15, 0.2) is 0 Å². The Morgan fingerprint density at radius 2 is 1.70 bits per heavy atom. The van der Waals surface area contributed by atoms with E-state index in [0.717, 1.165) is 5.56 Å². The Morgan fingerprint density at radius 1 is 1.09 bits per heavy atom. The molecule has 0 fully saturated rings. The van der Waals surface area contributed by atoms with Crippen LogP contribution in [0.3, 0.4) is 0 Å². The predicted octanol–water partition coefficient (Wildman–Crippen LogP) is 1.86. The Morgan fingerprint density at radius 3 is 2.26 bits per heavy atom. The number of amides is 1. The molecule has 23 heavy (non-hydrogen) atoms. The molecule has 0 aliphatic heterocycles. The van der Waals surface area contributed by atoms with Crippen molar-refractivity contribution in [3.05, 3.63) is 60.8 Å². The predicted molar refractivity (Wildman–Crippen MR) is 91.4 cm³/mol. The summed E-state index contributed by atoms with van der Waals surface area (Å²) in [5.74, 6) is -0.197. The number of nitrogens with one attached hydrogen (secondary N) is 1. The maximum Gasteiger partial charge on any atom is 0.316 e. The van der Waals surface area contributed by atoms with E-state index in [9.17, 15) is 14.4 Å². The van der Waals surface area contributed by atoms with Gasteiger partial charge in [0.1, 0.15) is 0 Å². The molecule has 1 N–H and O–H groups in total. The Hall–Kier alpha value is -2.67. The van der Waals surface area contributed by atoms with Gasteiger partial charge in [-0.2, -0.15) is 0 Å². The highest BCUT2D eigenvalue weighted by Gasteiger charge is 2.13. The van der Waals surface area contributed by atoms with Crippen molar-refractivity contribution in [3.63, 3.8) is 0 Å². The van der Waals surface area contributed by atoms with Crippen LogP contribution in [0.1, 0.15) is 15.2 Å². The average molecular weight is 329 g/mol. The van der Waals surface area contributed by atoms with Crippen LogP contribution in [0.25, 0.3) is 11.0 Å². The molecule has 7 heteroatoms. The summed E-state index contributed by atoms with van der Waals surface area (Å²) in [7, 11) is 3.11. The summed E-state index contributed by atoms with van der Waals surface area (Å²) >= 11 is 1.36. The SMILES string of the molecule is Cc1cc2c(cc1NC(=O)c1cccs1)n(C)c(=O)c(=O)n2C. The molecule has 1 aromatic carbocycles. The number of nitrogens with zero attached hydrogens (tertiary/aromatic N) is 2. The van der Waals surface area contributed by atoms with E-state index in [-0.39, 0.29) is 5.91 Å². The summed E-state index contributed by atoms with van der Waals surface area (Å²) < 4.78 is 2.63. The van der Waals surface area contributed by atoms with Crippen molar-refractivity contribution >= 4 is 34.0 Å². The average Bonchev–Trinajstić information content (AvgIpc) is 3.07. The van der Waals surface area contributed by atoms with Crippen LogP contribution in [-0.2, 0) is 14.1 Å². The largest absolute Gasteiger partial charge is 0.321 e. The first-order chi connectivity index (χ1) is 10.9. The third kappa shape index (κ3) is 2.49. The van der Waals surface area contributed by atoms with Crippen LogP contribution in [-0.4, -0.2) is 15.0 Å². The minimum Gasteiger partial charge on any atom is -0.321 e. The Balaban J connectivity index is 2.17. The summed E-state index contributed by atoms with van der Waals surface area (Å²) in [5, 5.41) is 4.69. The third-order valence-electron chi connectivity index (χ3n) is 3.83. The smallest absolute Gasteiger partial charge is 0.316 e. The fraction of sp³-hybridized carbons (Fsp3) is 0.188. The standard InChI is InChI=1S/C16H15N3O3S/c1-9-7-11-12(19(3)16(22)15(21)18(11)2)8-10(9)17-14(20)13-5-4-6-23-13/h4-8H,1-3H3,(H,17,20). The van der Waals surface area contributed by atoms with Crippen LogP contribution in [0.15, 0.2) is 39.2 Å². The molecule has 3 rings (SSSR count). The van der Waals surface area contributed by atoms with Gasteiger partial charge < -0.3 is 14.5 Å². The van der Waals surface area contributed by atoms with Crippen LogP contribution in [0, 0.1) is 6.92 Å². The lowest BCUT2D eigenvalue weighted by molar-refractivity contribution is 0.103. The zero-order valence-electron chi connectivity index (χ0n) is 12.9. The van der Waals surface area contributed by atoms with Gasteiger partial charge >= 0.3 is 11.1 Å². The van der Waals surface area contributed by atoms with Crippen molar-refractivity contribution in [1.82, 2.24) is 9.13 Å². The van der Waals surface area contributed by atoms with E-state index >= 15 is 0 Å². The Bertz CT molecular complexity index is 1030. The molecule has 0 spiro atoms. The van der Waals surface area contributed by atoms with Crippen LogP contribution in [0.2, 0.25) is 0 Å². The molecule has 0 saturated heterocycles. The molecular weight excluding hydrogens is 314 g/mol. The first-order valence-electron chi connectivity index (χ1n) is 6.95. The number of benzene rings is 1. The number of aromatic nitrogens is 2. The number of carbonyl (C=O) groups excluding carboxylic acids is 1. The lowest BCUT2D eigenvalue weighted by atomic mass is 10.1. The topological polar surface area (TPSA) is 73.1 Å². The highest BCUT2D eigenvalue weighted by atomic mass is 32.1. The minimum absolute atomic E-state index is 0.197. The van der Waals surface area contributed by atoms with Crippen molar-refractivity contribution in [2.24, 2.45) is 14.1 Å². The Labute approximate surface area is 135 Å². The van der Waals surface area contributed by atoms with Gasteiger partial charge in [-0.3, -0.25) is 14.4 Å². The van der Waals surface area contributed by atoms with Crippen molar-refractivity contribution in [2.75, 3.05) is 5.32 Å². The fourth-order valence-corrected chi connectivity index (χ4v) is 3.07. The van der Waals surface area contributed by atoms with E-state index in [1.54, 1.807) is 32.3 Å². The quantitative estimate of drug-likeness (QED) is 0.729. The molecule has 0 aliphatic carbocycles. The first-order valence-corrected chi connectivity index (χ1v) is 7.83. The number of thiophene rings is 1. The van der Waals surface area contributed by atoms with E-state index < -0.39 is 11.1 Å². The van der Waals surface area contributed by atoms with E-state index in [4.69, 9.17) is 0 Å². The van der Waals surface area contributed by atoms with Crippen molar-refractivity contribution < 1.29 is 4.79 Å². The molecule has 0 atom stereocenters. The number of hydrogen-bond donors (Lipinski definition) is 1. The third-order valence-corrected chi connectivity index (χ3v) is 4.70. The number of anilines is 1. The molecule has 2 aromatic heterocycles. The highest BCUT2D eigenvalue weighted by molar-refractivity contribution is 7.12. The van der Waals surface area contributed by atoms with Gasteiger partial charge in [0.25, 0.3) is 5.91 Å². The molecule has 1 amide bonds. The van der Waals surface area contributed by atoms with Crippen LogP contribution in [0.4, 0.5) is 5.69 Å². The molecule has 0 saturated carbocycles. The van der Waals surface area contributed by atoms with Gasteiger partial charge in [-0.25, -0.2) is 0 Å². The molecule has 0 bridgehead atoms. The van der Waals surface area contributed by atoms with Gasteiger partial charge in [0.2, 0.25) is 0 Å². The number of rotatable bonds is 2. The van der Waals surface area contributed by atoms with Gasteiger partial charge in [0, 0.05) is 19.8 Å². The van der Waals surface area contributed by atoms with E-state index in [2.05, 4.69) is 5.32 Å². The first kappa shape index (κ1) is 15.2. The van der Waals surface area contributed by atoms with Gasteiger partial charge in [0.05, 0.1) is 15.9 Å². The normalized spacial score (nSPS) is 10.9. The summed E-state index contributed by atoms with van der Waals surface area (Å²) in [6.07, 6.45) is 0. The zero-order chi connectivity index (χ0) is 16.7. The molecule has 2 heterocycles. The second kappa shape index (κ2) is 5.51. The van der Waals surface area contributed by atoms with Gasteiger partial charge in [-0.1, -0.05) is 6.07 Å². The summed E-state index contributed by atoms with van der Waals surface area (Å²) in [6.45, 7) is 1.85. The summed E-state index contributed by atoms with van der Waals surface area (Å²) in [4.78, 5) is 36.7. The van der Waals surface area contributed by atoms with Crippen LogP contribution >= 0.6 is 11.3 Å². The lowest BCUT2D eigenvalue weighted by Crippen LogP contribution is -2.39. The monoisotopic (exact) mass is 329 g/mol. The fourth-order valence-electron chi connectivity index (χ4n) is 2.45. The number of aryl methyl sites for hydroxylation is 3. The van der Waals surface area contributed by atoms with Gasteiger partial charge in [-0.05, 0) is 36.1 Å². The molecular formula is C16H15N3O3S. The Kier molecular flexibility index (Phi) is 3.65. The molecule has 0 aliphatic rings. The van der Waals surface area contributed by atoms with E-state index in [1.807, 2.05) is 18.4 Å². The summed E-state index contributed by atoms with van der Waals surface area (Å²) in [6, 6.07) is 7.07. The molecule has 6 nitrogen and oxygen atoms in total. The number of hydrogen-bond acceptors (Lipinski definition) is 4. The van der Waals surface area contributed by atoms with Crippen molar-refractivity contribution in [2.45, 2.75) is 6.92 Å². The maximum atomic E-state index is 12.2. The molecule has 0 unspecified atom stereocenters. The second-order valence-corrected chi connectivity index (χ2v) is 6.26. The van der Waals surface area contributed by atoms with Crippen LogP contribution < -0.4 is 16.4 Å². The molecule has 118 valence electrons. The maximum absolute atomic E-state index is 12.2. The second-order valence-electron chi connectivity index (χ2n) is 5.32. The van der Waals surface area contributed by atoms with Crippen molar-refractivity contribution in [3.8, 4) is 0 Å². The molecule has 3 aromatic rings. The van der Waals surface area contributed by atoms with Crippen LogP contribution in [0.5, 0.6) is 0 Å². The highest BCUT2D eigenvalue weighted by Crippen LogP contribution is 2.23. The molecule has 0 radical (unpaired) electrons. The minimum atomic E-state index is -0.598. The van der Waals surface area contributed by atoms with E-state index in [1.165, 1.54) is 20.5 Å². The lowest BCUT2D eigenvalue weighted by Gasteiger charge is -2.13. The number of carbonyl (C=O) groups is 1.